The van der Waals surface area contributed by atoms with Gasteiger partial charge in [0.25, 0.3) is 0 Å². The predicted molar refractivity (Wildman–Crippen MR) is 131 cm³/mol. The van der Waals surface area contributed by atoms with Gasteiger partial charge in [-0.2, -0.15) is 0 Å². The molecular formula is C28H27FN2O3. The van der Waals surface area contributed by atoms with Gasteiger partial charge in [0.1, 0.15) is 17.3 Å². The number of para-hydroxylation sites is 1. The number of piperazine rings is 1. The lowest BCUT2D eigenvalue weighted by atomic mass is 10.0. The molecule has 1 fully saturated rings. The molecule has 0 atom stereocenters. The maximum atomic E-state index is 14.1. The molecule has 0 bridgehead atoms. The number of phenolic OH excluding ortho intramolecular Hbond substituents is 1. The van der Waals surface area contributed by atoms with Crippen LogP contribution in [0.25, 0.3) is 6.08 Å². The predicted octanol–water partition coefficient (Wildman–Crippen LogP) is 5.03. The fourth-order valence-electron chi connectivity index (χ4n) is 4.53. The van der Waals surface area contributed by atoms with E-state index >= 15 is 0 Å². The summed E-state index contributed by atoms with van der Waals surface area (Å²) in [6.45, 7) is 5.31. The van der Waals surface area contributed by atoms with E-state index in [1.165, 1.54) is 11.6 Å². The zero-order valence-corrected chi connectivity index (χ0v) is 19.1. The number of aromatic hydroxyl groups is 1. The Bertz CT molecular complexity index is 1250. The van der Waals surface area contributed by atoms with Gasteiger partial charge in [-0.1, -0.05) is 43.3 Å². The summed E-state index contributed by atoms with van der Waals surface area (Å²) in [6.07, 6.45) is 2.70. The molecule has 174 valence electrons. The monoisotopic (exact) mass is 458 g/mol. The largest absolute Gasteiger partial charge is 0.507 e. The van der Waals surface area contributed by atoms with Crippen molar-refractivity contribution in [2.45, 2.75) is 19.9 Å². The minimum Gasteiger partial charge on any atom is -0.507 e. The lowest BCUT2D eigenvalue weighted by Gasteiger charge is -2.36. The van der Waals surface area contributed by atoms with Crippen LogP contribution in [0.4, 0.5) is 10.1 Å². The molecule has 34 heavy (non-hydrogen) atoms. The zero-order valence-electron chi connectivity index (χ0n) is 19.1. The van der Waals surface area contributed by atoms with E-state index in [0.717, 1.165) is 12.0 Å². The summed E-state index contributed by atoms with van der Waals surface area (Å²) in [5.41, 5.74) is 3.81. The molecular weight excluding hydrogens is 431 g/mol. The van der Waals surface area contributed by atoms with Gasteiger partial charge in [-0.3, -0.25) is 9.69 Å². The Balaban J connectivity index is 1.32. The van der Waals surface area contributed by atoms with Gasteiger partial charge in [-0.05, 0) is 47.9 Å². The van der Waals surface area contributed by atoms with Gasteiger partial charge >= 0.3 is 0 Å². The molecule has 6 heteroatoms. The lowest BCUT2D eigenvalue weighted by Crippen LogP contribution is -2.46. The van der Waals surface area contributed by atoms with E-state index in [4.69, 9.17) is 4.74 Å². The summed E-state index contributed by atoms with van der Waals surface area (Å²) in [5.74, 6) is 0.398. The molecule has 3 aromatic rings. The third-order valence-corrected chi connectivity index (χ3v) is 6.55. The molecule has 0 amide bonds. The molecule has 1 saturated heterocycles. The molecule has 5 rings (SSSR count). The van der Waals surface area contributed by atoms with Crippen molar-refractivity contribution in [2.24, 2.45) is 0 Å². The number of allylic oxidation sites excluding steroid dienone is 1. The summed E-state index contributed by atoms with van der Waals surface area (Å²) in [7, 11) is 0. The first-order chi connectivity index (χ1) is 16.5. The van der Waals surface area contributed by atoms with Crippen LogP contribution in [0.1, 0.15) is 34.0 Å². The molecule has 2 heterocycles. The number of halogens is 1. The first-order valence-corrected chi connectivity index (χ1v) is 11.6. The second-order valence-electron chi connectivity index (χ2n) is 8.69. The van der Waals surface area contributed by atoms with Gasteiger partial charge in [-0.25, -0.2) is 4.39 Å². The number of fused-ring (bicyclic) bond motifs is 1. The van der Waals surface area contributed by atoms with Crippen LogP contribution in [-0.2, 0) is 13.0 Å². The van der Waals surface area contributed by atoms with Crippen LogP contribution in [0.2, 0.25) is 0 Å². The van der Waals surface area contributed by atoms with Crippen molar-refractivity contribution in [3.8, 4) is 11.5 Å². The number of hydrogen-bond acceptors (Lipinski definition) is 5. The third-order valence-electron chi connectivity index (χ3n) is 6.55. The van der Waals surface area contributed by atoms with Crippen molar-refractivity contribution >= 4 is 17.5 Å². The lowest BCUT2D eigenvalue weighted by molar-refractivity contribution is 0.101. The van der Waals surface area contributed by atoms with E-state index in [-0.39, 0.29) is 23.1 Å². The molecule has 2 aliphatic rings. The van der Waals surface area contributed by atoms with Crippen LogP contribution in [0.3, 0.4) is 0 Å². The molecule has 1 N–H and O–H groups in total. The number of nitrogens with zero attached hydrogens (tertiary/aromatic N) is 2. The fourth-order valence-corrected chi connectivity index (χ4v) is 4.53. The van der Waals surface area contributed by atoms with Crippen molar-refractivity contribution in [1.82, 2.24) is 4.90 Å². The van der Waals surface area contributed by atoms with Crippen LogP contribution in [-0.4, -0.2) is 42.0 Å². The Labute approximate surface area is 198 Å². The molecule has 0 unspecified atom stereocenters. The van der Waals surface area contributed by atoms with E-state index in [9.17, 15) is 14.3 Å². The average Bonchev–Trinajstić information content (AvgIpc) is 3.17. The summed E-state index contributed by atoms with van der Waals surface area (Å²) in [5, 5.41) is 10.6. The Kier molecular flexibility index (Phi) is 6.07. The molecule has 2 aliphatic heterocycles. The SMILES string of the molecule is CCc1ccc(/C=C2/Oc3c(ccc(O)c3CN3CCN(c4ccccc4F)CC3)C2=O)cc1. The van der Waals surface area contributed by atoms with Crippen molar-refractivity contribution < 1.29 is 19.0 Å². The molecule has 0 spiro atoms. The highest BCUT2D eigenvalue weighted by molar-refractivity contribution is 6.15. The van der Waals surface area contributed by atoms with Crippen molar-refractivity contribution in [2.75, 3.05) is 31.1 Å². The van der Waals surface area contributed by atoms with Gasteiger partial charge in [0.2, 0.25) is 5.78 Å². The van der Waals surface area contributed by atoms with E-state index in [1.807, 2.05) is 35.2 Å². The topological polar surface area (TPSA) is 53.0 Å². The number of phenols is 1. The number of ketones is 1. The van der Waals surface area contributed by atoms with Crippen LogP contribution < -0.4 is 9.64 Å². The number of rotatable bonds is 5. The summed E-state index contributed by atoms with van der Waals surface area (Å²) < 4.78 is 20.2. The van der Waals surface area contributed by atoms with Crippen LogP contribution in [0.15, 0.2) is 66.4 Å². The maximum Gasteiger partial charge on any atom is 0.231 e. The normalized spacial score (nSPS) is 17.2. The Morgan fingerprint density at radius 1 is 1.00 bits per heavy atom. The second-order valence-corrected chi connectivity index (χ2v) is 8.69. The first kappa shape index (κ1) is 22.2. The van der Waals surface area contributed by atoms with E-state index in [2.05, 4.69) is 11.8 Å². The fraction of sp³-hybridized carbons (Fsp3) is 0.250. The first-order valence-electron chi connectivity index (χ1n) is 11.6. The highest BCUT2D eigenvalue weighted by atomic mass is 19.1. The number of anilines is 1. The number of carbonyl (C=O) groups excluding carboxylic acids is 1. The van der Waals surface area contributed by atoms with Gasteiger partial charge in [0.05, 0.1) is 16.8 Å². The molecule has 0 saturated carbocycles. The van der Waals surface area contributed by atoms with Crippen molar-refractivity contribution in [1.29, 1.82) is 0 Å². The molecule has 5 nitrogen and oxygen atoms in total. The molecule has 0 aromatic heterocycles. The minimum atomic E-state index is -0.218. The number of ether oxygens (including phenoxy) is 1. The molecule has 0 aliphatic carbocycles. The Morgan fingerprint density at radius 3 is 2.44 bits per heavy atom. The van der Waals surface area contributed by atoms with Crippen molar-refractivity contribution in [3.05, 3.63) is 94.5 Å². The number of Topliss-reactive ketones (excluding diaryl/α,β-unsaturated/α-hetero) is 1. The minimum absolute atomic E-state index is 0.108. The second kappa shape index (κ2) is 9.31. The van der Waals surface area contributed by atoms with Gasteiger partial charge < -0.3 is 14.7 Å². The quantitative estimate of drug-likeness (QED) is 0.544. The smallest absolute Gasteiger partial charge is 0.231 e. The van der Waals surface area contributed by atoms with Gasteiger partial charge in [0.15, 0.2) is 5.76 Å². The van der Waals surface area contributed by atoms with Crippen LogP contribution >= 0.6 is 0 Å². The third kappa shape index (κ3) is 4.29. The van der Waals surface area contributed by atoms with Crippen molar-refractivity contribution in [3.63, 3.8) is 0 Å². The summed E-state index contributed by atoms with van der Waals surface area (Å²) in [4.78, 5) is 17.2. The number of hydrogen-bond donors (Lipinski definition) is 1. The Morgan fingerprint density at radius 2 is 1.74 bits per heavy atom. The number of aryl methyl sites for hydroxylation is 1. The van der Waals surface area contributed by atoms with E-state index < -0.39 is 0 Å². The van der Waals surface area contributed by atoms with E-state index in [1.54, 1.807) is 30.3 Å². The van der Waals surface area contributed by atoms with Crippen LogP contribution in [0.5, 0.6) is 11.5 Å². The van der Waals surface area contributed by atoms with Gasteiger partial charge in [-0.15, -0.1) is 0 Å². The molecule has 3 aromatic carbocycles. The average molecular weight is 459 g/mol. The van der Waals surface area contributed by atoms with E-state index in [0.29, 0.717) is 55.3 Å². The highest BCUT2D eigenvalue weighted by Gasteiger charge is 2.32. The van der Waals surface area contributed by atoms with Gasteiger partial charge in [0, 0.05) is 32.7 Å². The highest BCUT2D eigenvalue weighted by Crippen LogP contribution is 2.40. The summed E-state index contributed by atoms with van der Waals surface area (Å²) in [6, 6.07) is 18.0. The Hall–Kier alpha value is -3.64. The number of carbonyl (C=O) groups is 1. The number of benzene rings is 3. The standard InChI is InChI=1S/C28H27FN2O3/c1-2-19-7-9-20(10-8-19)17-26-27(33)21-11-12-25(32)22(28(21)34-26)18-30-13-15-31(16-14-30)24-6-4-3-5-23(24)29/h3-12,17,32H,2,13-16,18H2,1H3/b26-17+. The zero-order chi connectivity index (χ0) is 23.7. The maximum absolute atomic E-state index is 14.1. The van der Waals surface area contributed by atoms with Crippen LogP contribution in [0, 0.1) is 5.82 Å². The summed E-state index contributed by atoms with van der Waals surface area (Å²) >= 11 is 0. The molecule has 0 radical (unpaired) electrons.